The number of alkyl halides is 1. The zero-order chi connectivity index (χ0) is 12.5. The van der Waals surface area contributed by atoms with Gasteiger partial charge in [-0.05, 0) is 25.2 Å². The molecule has 0 radical (unpaired) electrons. The van der Waals surface area contributed by atoms with Gasteiger partial charge in [0.15, 0.2) is 5.65 Å². The predicted octanol–water partition coefficient (Wildman–Crippen LogP) is 2.29. The average Bonchev–Trinajstić information content (AvgIpc) is 2.83. The van der Waals surface area contributed by atoms with Crippen molar-refractivity contribution in [2.45, 2.75) is 38.4 Å². The Kier molecular flexibility index (Phi) is 2.85. The highest BCUT2D eigenvalue weighted by molar-refractivity contribution is 5.85. The van der Waals surface area contributed by atoms with E-state index in [1.54, 1.807) is 6.20 Å². The van der Waals surface area contributed by atoms with Gasteiger partial charge in [0.1, 0.15) is 18.3 Å². The normalized spacial score (nSPS) is 28.4. The van der Waals surface area contributed by atoms with Crippen molar-refractivity contribution in [3.8, 4) is 0 Å². The molecule has 96 valence electrons. The molecule has 0 saturated heterocycles. The first-order valence-electron chi connectivity index (χ1n) is 6.28. The molecule has 3 rings (SSSR count). The van der Waals surface area contributed by atoms with Crippen LogP contribution in [0.3, 0.4) is 0 Å². The minimum absolute atomic E-state index is 0.143. The van der Waals surface area contributed by atoms with Crippen molar-refractivity contribution in [1.82, 2.24) is 20.2 Å². The van der Waals surface area contributed by atoms with Crippen LogP contribution in [0, 0.1) is 5.92 Å². The van der Waals surface area contributed by atoms with E-state index in [2.05, 4.69) is 25.5 Å². The number of nitrogens with zero attached hydrogens (tertiary/aromatic N) is 3. The van der Waals surface area contributed by atoms with Crippen LogP contribution in [0.4, 0.5) is 10.2 Å². The summed E-state index contributed by atoms with van der Waals surface area (Å²) < 4.78 is 13.7. The summed E-state index contributed by atoms with van der Waals surface area (Å²) in [4.78, 5) is 8.29. The van der Waals surface area contributed by atoms with Gasteiger partial charge >= 0.3 is 0 Å². The van der Waals surface area contributed by atoms with Crippen molar-refractivity contribution in [3.63, 3.8) is 0 Å². The Balaban J connectivity index is 1.78. The zero-order valence-electron chi connectivity index (χ0n) is 10.2. The number of rotatable bonds is 2. The van der Waals surface area contributed by atoms with Gasteiger partial charge < -0.3 is 5.32 Å². The monoisotopic (exact) mass is 249 g/mol. The highest BCUT2D eigenvalue weighted by Crippen LogP contribution is 2.29. The topological polar surface area (TPSA) is 66.5 Å². The number of hydrogen-bond donors (Lipinski definition) is 2. The predicted molar refractivity (Wildman–Crippen MR) is 67.0 cm³/mol. The van der Waals surface area contributed by atoms with Crippen LogP contribution in [-0.2, 0) is 0 Å². The molecule has 6 heteroatoms. The first-order valence-corrected chi connectivity index (χ1v) is 6.28. The van der Waals surface area contributed by atoms with Gasteiger partial charge in [0.25, 0.3) is 0 Å². The smallest absolute Gasteiger partial charge is 0.160 e. The van der Waals surface area contributed by atoms with Crippen LogP contribution in [0.1, 0.15) is 26.2 Å². The number of hydrogen-bond acceptors (Lipinski definition) is 4. The number of aromatic nitrogens is 4. The number of H-pyrrole nitrogens is 1. The molecule has 2 heterocycles. The zero-order valence-corrected chi connectivity index (χ0v) is 10.2. The van der Waals surface area contributed by atoms with Gasteiger partial charge in [-0.2, -0.15) is 5.10 Å². The van der Waals surface area contributed by atoms with Gasteiger partial charge in [0.2, 0.25) is 0 Å². The van der Waals surface area contributed by atoms with Crippen LogP contribution < -0.4 is 5.32 Å². The lowest BCUT2D eigenvalue weighted by atomic mass is 9.86. The summed E-state index contributed by atoms with van der Waals surface area (Å²) in [7, 11) is 0. The molecule has 0 aliphatic heterocycles. The minimum Gasteiger partial charge on any atom is -0.367 e. The molecule has 1 unspecified atom stereocenters. The Bertz CT molecular complexity index is 540. The minimum atomic E-state index is -0.724. The summed E-state index contributed by atoms with van der Waals surface area (Å²) in [5, 5.41) is 10.9. The summed E-state index contributed by atoms with van der Waals surface area (Å²) in [6.07, 6.45) is 4.89. The molecule has 1 saturated carbocycles. The Morgan fingerprint density at radius 3 is 3.11 bits per heavy atom. The fraction of sp³-hybridized carbons (Fsp3) is 0.583. The number of anilines is 1. The highest BCUT2D eigenvalue weighted by atomic mass is 19.1. The molecule has 5 nitrogen and oxygen atoms in total. The first-order chi connectivity index (χ1) is 8.74. The van der Waals surface area contributed by atoms with E-state index in [0.717, 1.165) is 24.0 Å². The largest absolute Gasteiger partial charge is 0.367 e. The number of fused-ring (bicyclic) bond motifs is 1. The Hall–Kier alpha value is -1.72. The van der Waals surface area contributed by atoms with E-state index in [9.17, 15) is 4.39 Å². The Morgan fingerprint density at radius 1 is 1.39 bits per heavy atom. The van der Waals surface area contributed by atoms with E-state index < -0.39 is 6.17 Å². The number of nitrogens with one attached hydrogen (secondary N) is 2. The van der Waals surface area contributed by atoms with Crippen molar-refractivity contribution in [2.75, 3.05) is 5.32 Å². The maximum Gasteiger partial charge on any atom is 0.160 e. The third-order valence-electron chi connectivity index (χ3n) is 3.69. The van der Waals surface area contributed by atoms with Crippen molar-refractivity contribution >= 4 is 16.9 Å². The summed E-state index contributed by atoms with van der Waals surface area (Å²) in [6.45, 7) is 1.97. The highest BCUT2D eigenvalue weighted by Gasteiger charge is 2.27. The fourth-order valence-corrected chi connectivity index (χ4v) is 2.47. The molecule has 18 heavy (non-hydrogen) atoms. The van der Waals surface area contributed by atoms with Gasteiger partial charge in [-0.25, -0.2) is 14.4 Å². The van der Waals surface area contributed by atoms with Crippen molar-refractivity contribution < 1.29 is 4.39 Å². The van der Waals surface area contributed by atoms with Gasteiger partial charge in [-0.3, -0.25) is 5.10 Å². The molecule has 0 aromatic carbocycles. The van der Waals surface area contributed by atoms with Crippen LogP contribution >= 0.6 is 0 Å². The summed E-state index contributed by atoms with van der Waals surface area (Å²) in [5.74, 6) is 0.905. The van der Waals surface area contributed by atoms with Crippen LogP contribution in [-0.4, -0.2) is 32.4 Å². The summed E-state index contributed by atoms with van der Waals surface area (Å²) in [5.41, 5.74) is 0.702. The van der Waals surface area contributed by atoms with Crippen LogP contribution in [0.25, 0.3) is 11.0 Å². The average molecular weight is 249 g/mol. The second kappa shape index (κ2) is 4.51. The second-order valence-corrected chi connectivity index (χ2v) is 5.00. The molecule has 0 amide bonds. The van der Waals surface area contributed by atoms with Crippen LogP contribution in [0.2, 0.25) is 0 Å². The second-order valence-electron chi connectivity index (χ2n) is 5.00. The third-order valence-corrected chi connectivity index (χ3v) is 3.69. The van der Waals surface area contributed by atoms with Crippen LogP contribution in [0.5, 0.6) is 0 Å². The molecule has 2 aromatic heterocycles. The first kappa shape index (κ1) is 11.4. The molecule has 0 bridgehead atoms. The molecule has 2 N–H and O–H groups in total. The molecule has 1 aliphatic carbocycles. The SMILES string of the molecule is C[C@H]1CC[C@H](Nc2ncnc3[nH]ncc23)CC1F. The molecule has 2 aromatic rings. The molecule has 1 aliphatic rings. The van der Waals surface area contributed by atoms with Gasteiger partial charge in [-0.15, -0.1) is 0 Å². The van der Waals surface area contributed by atoms with Gasteiger partial charge in [0, 0.05) is 6.04 Å². The third kappa shape index (κ3) is 2.02. The van der Waals surface area contributed by atoms with E-state index in [4.69, 9.17) is 0 Å². The number of aromatic amines is 1. The molecule has 3 atom stereocenters. The number of halogens is 1. The van der Waals surface area contributed by atoms with Crippen molar-refractivity contribution in [1.29, 1.82) is 0 Å². The lowest BCUT2D eigenvalue weighted by molar-refractivity contribution is 0.170. The summed E-state index contributed by atoms with van der Waals surface area (Å²) >= 11 is 0. The fourth-order valence-electron chi connectivity index (χ4n) is 2.47. The standard InChI is InChI=1S/C12H16FN5/c1-7-2-3-8(4-10(7)13)17-11-9-5-16-18-12(9)15-6-14-11/h5-8,10H,2-4H2,1H3,(H2,14,15,16,17,18)/t7-,8-,10?/m0/s1. The van der Waals surface area contributed by atoms with Crippen molar-refractivity contribution in [3.05, 3.63) is 12.5 Å². The van der Waals surface area contributed by atoms with E-state index >= 15 is 0 Å². The Morgan fingerprint density at radius 2 is 2.28 bits per heavy atom. The molecular weight excluding hydrogens is 233 g/mol. The van der Waals surface area contributed by atoms with Crippen LogP contribution in [0.15, 0.2) is 12.5 Å². The lowest BCUT2D eigenvalue weighted by Gasteiger charge is -2.30. The quantitative estimate of drug-likeness (QED) is 0.857. The van der Waals surface area contributed by atoms with Gasteiger partial charge in [-0.1, -0.05) is 6.92 Å². The van der Waals surface area contributed by atoms with Crippen molar-refractivity contribution in [2.24, 2.45) is 5.92 Å². The molecular formula is C12H16FN5. The summed E-state index contributed by atoms with van der Waals surface area (Å²) in [6, 6.07) is 0.143. The Labute approximate surface area is 104 Å². The maximum absolute atomic E-state index is 13.7. The lowest BCUT2D eigenvalue weighted by Crippen LogP contribution is -2.33. The maximum atomic E-state index is 13.7. The molecule has 1 fully saturated rings. The molecule has 0 spiro atoms. The van der Waals surface area contributed by atoms with E-state index in [1.807, 2.05) is 6.92 Å². The van der Waals surface area contributed by atoms with E-state index in [1.165, 1.54) is 6.33 Å². The van der Waals surface area contributed by atoms with Gasteiger partial charge in [0.05, 0.1) is 11.6 Å². The van der Waals surface area contributed by atoms with E-state index in [0.29, 0.717) is 12.1 Å². The van der Waals surface area contributed by atoms with E-state index in [-0.39, 0.29) is 12.0 Å².